The van der Waals surface area contributed by atoms with Gasteiger partial charge < -0.3 is 15.2 Å². The van der Waals surface area contributed by atoms with Crippen molar-refractivity contribution in [3.05, 3.63) is 74.6 Å². The molecule has 0 saturated heterocycles. The predicted octanol–water partition coefficient (Wildman–Crippen LogP) is 4.99. The van der Waals surface area contributed by atoms with Gasteiger partial charge in [0, 0.05) is 29.0 Å². The van der Waals surface area contributed by atoms with E-state index in [-0.39, 0.29) is 11.1 Å². The molecule has 0 bridgehead atoms. The van der Waals surface area contributed by atoms with E-state index in [1.165, 1.54) is 10.6 Å². The molecule has 3 aromatic rings. The molecule has 6 nitrogen and oxygen atoms in total. The second-order valence-electron chi connectivity index (χ2n) is 5.58. The Morgan fingerprint density at radius 2 is 1.85 bits per heavy atom. The maximum absolute atomic E-state index is 12.4. The molecule has 0 saturated carbocycles. The van der Waals surface area contributed by atoms with Gasteiger partial charge in [0.1, 0.15) is 16.7 Å². The van der Waals surface area contributed by atoms with Crippen molar-refractivity contribution in [2.75, 3.05) is 10.6 Å². The van der Waals surface area contributed by atoms with Gasteiger partial charge in [0.15, 0.2) is 0 Å². The zero-order valence-corrected chi connectivity index (χ0v) is 17.1. The smallest absolute Gasteiger partial charge is 0.272 e. The van der Waals surface area contributed by atoms with Gasteiger partial charge in [-0.2, -0.15) is 0 Å². The van der Waals surface area contributed by atoms with Crippen molar-refractivity contribution in [2.24, 2.45) is 7.05 Å². The number of hydrogen-bond donors (Lipinski definition) is 2. The molecule has 2 heterocycles. The van der Waals surface area contributed by atoms with Crippen molar-refractivity contribution in [2.45, 2.75) is 0 Å². The minimum Gasteiger partial charge on any atom is -0.329 e. The summed E-state index contributed by atoms with van der Waals surface area (Å²) in [6.45, 7) is 0. The summed E-state index contributed by atoms with van der Waals surface area (Å²) in [5.41, 5.74) is 1.14. The average Bonchev–Trinajstić information content (AvgIpc) is 2.91. The van der Waals surface area contributed by atoms with Crippen LogP contribution >= 0.6 is 39.1 Å². The van der Waals surface area contributed by atoms with Crippen LogP contribution < -0.4 is 10.6 Å². The molecule has 0 fully saturated rings. The fourth-order valence-corrected chi connectivity index (χ4v) is 2.94. The number of hydrogen-bond acceptors (Lipinski definition) is 3. The molecule has 0 aliphatic heterocycles. The third kappa shape index (κ3) is 4.50. The SMILES string of the molecule is Cn1c(C(=O)Nc2cccc(C(=O)Nc3ccc(Br)cn3)c2)cc(Cl)c1Cl. The highest BCUT2D eigenvalue weighted by Crippen LogP contribution is 2.25. The van der Waals surface area contributed by atoms with Crippen LogP contribution in [0.4, 0.5) is 11.5 Å². The third-order valence-corrected chi connectivity index (χ3v) is 5.01. The molecule has 1 aromatic carbocycles. The number of anilines is 2. The van der Waals surface area contributed by atoms with Crippen molar-refractivity contribution in [1.82, 2.24) is 9.55 Å². The van der Waals surface area contributed by atoms with Crippen LogP contribution in [0.25, 0.3) is 0 Å². The van der Waals surface area contributed by atoms with Crippen LogP contribution in [0.5, 0.6) is 0 Å². The maximum Gasteiger partial charge on any atom is 0.272 e. The summed E-state index contributed by atoms with van der Waals surface area (Å²) in [4.78, 5) is 28.9. The Balaban J connectivity index is 1.74. The van der Waals surface area contributed by atoms with Crippen molar-refractivity contribution in [1.29, 1.82) is 0 Å². The minimum absolute atomic E-state index is 0.275. The number of amides is 2. The van der Waals surface area contributed by atoms with E-state index in [1.807, 2.05) is 0 Å². The predicted molar refractivity (Wildman–Crippen MR) is 110 cm³/mol. The lowest BCUT2D eigenvalue weighted by molar-refractivity contribution is 0.101. The first kappa shape index (κ1) is 19.4. The summed E-state index contributed by atoms with van der Waals surface area (Å²) < 4.78 is 2.29. The van der Waals surface area contributed by atoms with Gasteiger partial charge in [0.05, 0.1) is 5.02 Å². The molecule has 0 aliphatic carbocycles. The highest BCUT2D eigenvalue weighted by molar-refractivity contribution is 9.10. The normalized spacial score (nSPS) is 10.5. The van der Waals surface area contributed by atoms with Crippen LogP contribution in [0.3, 0.4) is 0 Å². The first-order chi connectivity index (χ1) is 12.8. The first-order valence-electron chi connectivity index (χ1n) is 7.70. The fraction of sp³-hybridized carbons (Fsp3) is 0.0556. The van der Waals surface area contributed by atoms with E-state index in [1.54, 1.807) is 49.6 Å². The second kappa shape index (κ2) is 8.12. The number of halogens is 3. The van der Waals surface area contributed by atoms with E-state index in [4.69, 9.17) is 23.2 Å². The average molecular weight is 468 g/mol. The molecule has 9 heteroatoms. The van der Waals surface area contributed by atoms with Crippen LogP contribution in [-0.2, 0) is 7.05 Å². The quantitative estimate of drug-likeness (QED) is 0.567. The molecule has 138 valence electrons. The van der Waals surface area contributed by atoms with Gasteiger partial charge in [-0.3, -0.25) is 9.59 Å². The standard InChI is InChI=1S/C18H13BrCl2N4O2/c1-25-14(8-13(20)16(25)21)18(27)23-12-4-2-3-10(7-12)17(26)24-15-6-5-11(19)9-22-15/h2-9H,1H3,(H,23,27)(H,22,24,26). The summed E-state index contributed by atoms with van der Waals surface area (Å²) in [6, 6.07) is 11.5. The van der Waals surface area contributed by atoms with Gasteiger partial charge in [-0.25, -0.2) is 4.98 Å². The number of rotatable bonds is 4. The lowest BCUT2D eigenvalue weighted by atomic mass is 10.2. The summed E-state index contributed by atoms with van der Waals surface area (Å²) in [5, 5.41) is 5.99. The summed E-state index contributed by atoms with van der Waals surface area (Å²) in [6.07, 6.45) is 1.59. The van der Waals surface area contributed by atoms with E-state index in [0.717, 1.165) is 4.47 Å². The van der Waals surface area contributed by atoms with Crippen molar-refractivity contribution in [3.8, 4) is 0 Å². The number of carbonyl (C=O) groups excluding carboxylic acids is 2. The molecule has 2 amide bonds. The molecule has 27 heavy (non-hydrogen) atoms. The Hall–Kier alpha value is -2.35. The van der Waals surface area contributed by atoms with E-state index >= 15 is 0 Å². The zero-order chi connectivity index (χ0) is 19.6. The van der Waals surface area contributed by atoms with Crippen LogP contribution in [-0.4, -0.2) is 21.4 Å². The monoisotopic (exact) mass is 466 g/mol. The van der Waals surface area contributed by atoms with Crippen LogP contribution in [0.1, 0.15) is 20.8 Å². The molecule has 0 radical (unpaired) electrons. The van der Waals surface area contributed by atoms with Gasteiger partial charge in [-0.05, 0) is 52.3 Å². The first-order valence-corrected chi connectivity index (χ1v) is 9.25. The van der Waals surface area contributed by atoms with Gasteiger partial charge >= 0.3 is 0 Å². The van der Waals surface area contributed by atoms with Crippen LogP contribution in [0, 0.1) is 0 Å². The molecular formula is C18H13BrCl2N4O2. The van der Waals surface area contributed by atoms with Gasteiger partial charge in [-0.1, -0.05) is 29.3 Å². The number of carbonyl (C=O) groups is 2. The number of aromatic nitrogens is 2. The molecule has 3 rings (SSSR count). The zero-order valence-electron chi connectivity index (χ0n) is 14.0. The van der Waals surface area contributed by atoms with Crippen LogP contribution in [0.15, 0.2) is 53.1 Å². The van der Waals surface area contributed by atoms with E-state index in [9.17, 15) is 9.59 Å². The Bertz CT molecular complexity index is 1020. The third-order valence-electron chi connectivity index (χ3n) is 3.70. The number of nitrogens with one attached hydrogen (secondary N) is 2. The molecule has 0 unspecified atom stereocenters. The summed E-state index contributed by atoms with van der Waals surface area (Å²) in [5.74, 6) is -0.310. The highest BCUT2D eigenvalue weighted by atomic mass is 79.9. The Morgan fingerprint density at radius 3 is 2.48 bits per heavy atom. The summed E-state index contributed by atoms with van der Waals surface area (Å²) >= 11 is 15.2. The Kier molecular flexibility index (Phi) is 5.84. The lowest BCUT2D eigenvalue weighted by Crippen LogP contribution is -2.17. The Morgan fingerprint density at radius 1 is 1.07 bits per heavy atom. The van der Waals surface area contributed by atoms with Crippen molar-refractivity contribution < 1.29 is 9.59 Å². The van der Waals surface area contributed by atoms with E-state index in [2.05, 4.69) is 31.5 Å². The Labute approximate surface area is 173 Å². The molecule has 2 N–H and O–H groups in total. The number of benzene rings is 1. The van der Waals surface area contributed by atoms with Gasteiger partial charge in [-0.15, -0.1) is 0 Å². The molecule has 0 atom stereocenters. The van der Waals surface area contributed by atoms with Crippen molar-refractivity contribution in [3.63, 3.8) is 0 Å². The molecule has 0 spiro atoms. The van der Waals surface area contributed by atoms with Gasteiger partial charge in [0.2, 0.25) is 0 Å². The van der Waals surface area contributed by atoms with Crippen LogP contribution in [0.2, 0.25) is 10.2 Å². The number of pyridine rings is 1. The van der Waals surface area contributed by atoms with Gasteiger partial charge in [0.25, 0.3) is 11.8 Å². The molecule has 0 aliphatic rings. The number of nitrogens with zero attached hydrogens (tertiary/aromatic N) is 2. The maximum atomic E-state index is 12.4. The lowest BCUT2D eigenvalue weighted by Gasteiger charge is -2.09. The van der Waals surface area contributed by atoms with E-state index in [0.29, 0.717) is 27.8 Å². The van der Waals surface area contributed by atoms with Crippen molar-refractivity contribution >= 4 is 62.5 Å². The second-order valence-corrected chi connectivity index (χ2v) is 7.26. The largest absolute Gasteiger partial charge is 0.329 e. The minimum atomic E-state index is -0.390. The molecular weight excluding hydrogens is 455 g/mol. The molecule has 2 aromatic heterocycles. The fourth-order valence-electron chi connectivity index (χ4n) is 2.33. The topological polar surface area (TPSA) is 76.0 Å². The summed E-state index contributed by atoms with van der Waals surface area (Å²) in [7, 11) is 1.64. The van der Waals surface area contributed by atoms with E-state index < -0.39 is 5.91 Å². The highest BCUT2D eigenvalue weighted by Gasteiger charge is 2.16.